The molecule has 1 amide bonds. The van der Waals surface area contributed by atoms with Crippen LogP contribution in [0.1, 0.15) is 13.8 Å². The zero-order valence-corrected chi connectivity index (χ0v) is 12.3. The molecule has 0 bridgehead atoms. The van der Waals surface area contributed by atoms with E-state index in [1.807, 2.05) is 32.0 Å². The second-order valence-electron chi connectivity index (χ2n) is 4.86. The molecule has 0 saturated carbocycles. The molecule has 110 valence electrons. The minimum absolute atomic E-state index is 0.241. The Morgan fingerprint density at radius 1 is 1.38 bits per heavy atom. The Morgan fingerprint density at radius 3 is 2.71 bits per heavy atom. The van der Waals surface area contributed by atoms with Crippen LogP contribution in [0.4, 0.5) is 11.4 Å². The molecule has 1 aromatic carbocycles. The van der Waals surface area contributed by atoms with E-state index in [-0.39, 0.29) is 11.9 Å². The summed E-state index contributed by atoms with van der Waals surface area (Å²) in [4.78, 5) is 13.0. The van der Waals surface area contributed by atoms with Gasteiger partial charge in [0.25, 0.3) is 0 Å². The van der Waals surface area contributed by atoms with Gasteiger partial charge in [0.15, 0.2) is 0 Å². The molecule has 0 saturated heterocycles. The van der Waals surface area contributed by atoms with Crippen LogP contribution in [-0.2, 0) is 11.8 Å². The van der Waals surface area contributed by atoms with Crippen LogP contribution in [-0.4, -0.2) is 32.2 Å². The monoisotopic (exact) mass is 286 g/mol. The van der Waals surface area contributed by atoms with E-state index in [0.29, 0.717) is 11.5 Å². The fraction of sp³-hybridized carbons (Fsp3) is 0.286. The summed E-state index contributed by atoms with van der Waals surface area (Å²) in [6.07, 6.45) is 1.23. The zero-order valence-electron chi connectivity index (χ0n) is 12.3. The summed E-state index contributed by atoms with van der Waals surface area (Å²) in [7, 11) is 1.70. The summed E-state index contributed by atoms with van der Waals surface area (Å²) >= 11 is 0. The van der Waals surface area contributed by atoms with Crippen LogP contribution in [0.2, 0.25) is 0 Å². The van der Waals surface area contributed by atoms with E-state index in [1.54, 1.807) is 7.05 Å². The fourth-order valence-electron chi connectivity index (χ4n) is 1.81. The molecule has 0 unspecified atom stereocenters. The van der Waals surface area contributed by atoms with Crippen molar-refractivity contribution in [2.45, 2.75) is 19.9 Å². The van der Waals surface area contributed by atoms with Crippen LogP contribution in [0, 0.1) is 0 Å². The Morgan fingerprint density at radius 2 is 2.14 bits per heavy atom. The minimum Gasteiger partial charge on any atom is -0.381 e. The van der Waals surface area contributed by atoms with Gasteiger partial charge in [0.1, 0.15) is 0 Å². The van der Waals surface area contributed by atoms with Gasteiger partial charge in [0, 0.05) is 11.6 Å². The molecule has 7 heteroatoms. The highest BCUT2D eigenvalue weighted by molar-refractivity contribution is 6.01. The zero-order chi connectivity index (χ0) is 15.4. The normalized spacial score (nSPS) is 10.5. The number of aromatic nitrogens is 4. The summed E-state index contributed by atoms with van der Waals surface area (Å²) < 4.78 is 0. The molecular weight excluding hydrogens is 268 g/mol. The van der Waals surface area contributed by atoms with Crippen LogP contribution >= 0.6 is 0 Å². The topological polar surface area (TPSA) is 84.7 Å². The molecule has 21 heavy (non-hydrogen) atoms. The molecule has 7 nitrogen and oxygen atoms in total. The van der Waals surface area contributed by atoms with Gasteiger partial charge in [-0.3, -0.25) is 4.79 Å². The first-order chi connectivity index (χ1) is 9.99. The van der Waals surface area contributed by atoms with E-state index in [0.717, 1.165) is 11.3 Å². The molecule has 1 heterocycles. The number of carbonyl (C=O) groups is 1. The molecule has 0 atom stereocenters. The highest BCUT2D eigenvalue weighted by Crippen LogP contribution is 2.28. The van der Waals surface area contributed by atoms with Crippen molar-refractivity contribution in [2.75, 3.05) is 10.6 Å². The van der Waals surface area contributed by atoms with Crippen molar-refractivity contribution >= 4 is 17.3 Å². The van der Waals surface area contributed by atoms with E-state index in [2.05, 4.69) is 32.6 Å². The van der Waals surface area contributed by atoms with Gasteiger partial charge >= 0.3 is 0 Å². The maximum atomic E-state index is 11.6. The summed E-state index contributed by atoms with van der Waals surface area (Å²) in [5.74, 6) is 0.230. The number of aryl methyl sites for hydroxylation is 1. The first-order valence-electron chi connectivity index (χ1n) is 6.58. The van der Waals surface area contributed by atoms with Crippen molar-refractivity contribution in [3.05, 3.63) is 30.9 Å². The highest BCUT2D eigenvalue weighted by atomic mass is 16.1. The third-order valence-electron chi connectivity index (χ3n) is 2.67. The third-order valence-corrected chi connectivity index (χ3v) is 2.67. The van der Waals surface area contributed by atoms with Crippen molar-refractivity contribution in [2.24, 2.45) is 7.05 Å². The van der Waals surface area contributed by atoms with Crippen molar-refractivity contribution in [3.8, 4) is 11.4 Å². The van der Waals surface area contributed by atoms with Crippen LogP contribution in [0.5, 0.6) is 0 Å². The lowest BCUT2D eigenvalue weighted by atomic mass is 10.1. The number of hydrogen-bond donors (Lipinski definition) is 2. The fourth-order valence-corrected chi connectivity index (χ4v) is 1.81. The molecule has 2 rings (SSSR count). The Hall–Kier alpha value is -2.70. The molecular formula is C14H18N6O. The van der Waals surface area contributed by atoms with Crippen LogP contribution < -0.4 is 10.6 Å². The van der Waals surface area contributed by atoms with Crippen LogP contribution in [0.15, 0.2) is 30.9 Å². The number of nitrogens with one attached hydrogen (secondary N) is 2. The van der Waals surface area contributed by atoms with Crippen molar-refractivity contribution in [1.82, 2.24) is 20.2 Å². The third kappa shape index (κ3) is 3.65. The van der Waals surface area contributed by atoms with Gasteiger partial charge in [-0.25, -0.2) is 0 Å². The molecule has 2 aromatic rings. The maximum Gasteiger partial charge on any atom is 0.247 e. The number of amides is 1. The van der Waals surface area contributed by atoms with Gasteiger partial charge in [-0.05, 0) is 43.3 Å². The maximum absolute atomic E-state index is 11.6. The largest absolute Gasteiger partial charge is 0.381 e. The van der Waals surface area contributed by atoms with Gasteiger partial charge < -0.3 is 10.6 Å². The van der Waals surface area contributed by atoms with Gasteiger partial charge in [0.05, 0.1) is 18.4 Å². The first kappa shape index (κ1) is 14.7. The second kappa shape index (κ2) is 6.17. The number of tetrazole rings is 1. The number of benzene rings is 1. The van der Waals surface area contributed by atoms with Crippen molar-refractivity contribution in [3.63, 3.8) is 0 Å². The van der Waals surface area contributed by atoms with E-state index < -0.39 is 0 Å². The average Bonchev–Trinajstić information content (AvgIpc) is 2.86. The Labute approximate surface area is 123 Å². The predicted molar refractivity (Wildman–Crippen MR) is 81.8 cm³/mol. The lowest BCUT2D eigenvalue weighted by molar-refractivity contribution is -0.111. The Balaban J connectivity index is 2.39. The van der Waals surface area contributed by atoms with Gasteiger partial charge in [0.2, 0.25) is 11.7 Å². The van der Waals surface area contributed by atoms with E-state index in [1.165, 1.54) is 10.9 Å². The summed E-state index contributed by atoms with van der Waals surface area (Å²) in [6.45, 7) is 7.51. The number of anilines is 2. The Kier molecular flexibility index (Phi) is 4.32. The van der Waals surface area contributed by atoms with Crippen LogP contribution in [0.25, 0.3) is 11.4 Å². The highest BCUT2D eigenvalue weighted by Gasteiger charge is 2.11. The summed E-state index contributed by atoms with van der Waals surface area (Å²) in [5, 5.41) is 18.0. The first-order valence-corrected chi connectivity index (χ1v) is 6.58. The van der Waals surface area contributed by atoms with Crippen LogP contribution in [0.3, 0.4) is 0 Å². The molecule has 0 radical (unpaired) electrons. The van der Waals surface area contributed by atoms with Crippen molar-refractivity contribution < 1.29 is 4.79 Å². The van der Waals surface area contributed by atoms with E-state index >= 15 is 0 Å². The summed E-state index contributed by atoms with van der Waals surface area (Å²) in [5.41, 5.74) is 2.25. The van der Waals surface area contributed by atoms with E-state index in [9.17, 15) is 4.79 Å². The SMILES string of the molecule is C=CC(=O)Nc1cc(-c2nnn(C)n2)ccc1NC(C)C. The number of nitrogens with zero attached hydrogens (tertiary/aromatic N) is 4. The lowest BCUT2D eigenvalue weighted by Crippen LogP contribution is -2.14. The molecule has 0 spiro atoms. The molecule has 0 aliphatic carbocycles. The van der Waals surface area contributed by atoms with Gasteiger partial charge in [-0.2, -0.15) is 4.80 Å². The smallest absolute Gasteiger partial charge is 0.247 e. The van der Waals surface area contributed by atoms with Crippen molar-refractivity contribution in [1.29, 1.82) is 0 Å². The second-order valence-corrected chi connectivity index (χ2v) is 4.86. The van der Waals surface area contributed by atoms with Gasteiger partial charge in [-0.15, -0.1) is 10.2 Å². The molecule has 0 aliphatic heterocycles. The summed E-state index contributed by atoms with van der Waals surface area (Å²) in [6, 6.07) is 5.81. The number of hydrogen-bond acceptors (Lipinski definition) is 5. The lowest BCUT2D eigenvalue weighted by Gasteiger charge is -2.15. The number of rotatable bonds is 5. The molecule has 1 aromatic heterocycles. The quantitative estimate of drug-likeness (QED) is 0.819. The van der Waals surface area contributed by atoms with E-state index in [4.69, 9.17) is 0 Å². The number of carbonyl (C=O) groups excluding carboxylic acids is 1. The Bertz CT molecular complexity index is 661. The molecule has 2 N–H and O–H groups in total. The standard InChI is InChI=1S/C14H18N6O/c1-5-13(21)16-12-8-10(14-17-19-20(4)18-14)6-7-11(12)15-9(2)3/h5-9,15H,1H2,2-4H3,(H,16,21). The molecule has 0 fully saturated rings. The predicted octanol–water partition coefficient (Wildman–Crippen LogP) is 1.82. The van der Waals surface area contributed by atoms with Gasteiger partial charge in [-0.1, -0.05) is 6.58 Å². The molecule has 0 aliphatic rings. The minimum atomic E-state index is -0.272. The average molecular weight is 286 g/mol.